The summed E-state index contributed by atoms with van der Waals surface area (Å²) >= 11 is 1.69. The van der Waals surface area contributed by atoms with Crippen LogP contribution in [0.4, 0.5) is 11.4 Å². The quantitative estimate of drug-likeness (QED) is 0.575. The molecule has 27 heavy (non-hydrogen) atoms. The Morgan fingerprint density at radius 2 is 2.26 bits per heavy atom. The summed E-state index contributed by atoms with van der Waals surface area (Å²) < 4.78 is 8.73. The molecule has 0 unspecified atom stereocenters. The average molecular weight is 385 g/mol. The number of hydrogen-bond acceptors (Lipinski definition) is 6. The second-order valence-electron chi connectivity index (χ2n) is 7.27. The Bertz CT molecular complexity index is 794. The van der Waals surface area contributed by atoms with Crippen molar-refractivity contribution in [1.82, 2.24) is 10.3 Å². The van der Waals surface area contributed by atoms with E-state index in [1.165, 1.54) is 40.2 Å². The molecule has 3 heterocycles. The first-order valence-electron chi connectivity index (χ1n) is 9.77. The van der Waals surface area contributed by atoms with Gasteiger partial charge in [-0.1, -0.05) is 12.1 Å². The highest BCUT2D eigenvalue weighted by Crippen LogP contribution is 2.50. The molecule has 1 atom stereocenters. The lowest BCUT2D eigenvalue weighted by molar-refractivity contribution is 0.190. The highest BCUT2D eigenvalue weighted by Gasteiger charge is 2.30. The topological polar surface area (TPSA) is 49.4 Å². The molecule has 1 fully saturated rings. The minimum Gasteiger partial charge on any atom is -0.385 e. The van der Waals surface area contributed by atoms with Gasteiger partial charge < -0.3 is 19.7 Å². The highest BCUT2D eigenvalue weighted by atomic mass is 32.2. The van der Waals surface area contributed by atoms with E-state index >= 15 is 0 Å². The molecule has 0 radical (unpaired) electrons. The number of ether oxygens (including phenoxy) is 1. The number of rotatable bonds is 6. The molecule has 0 aromatic carbocycles. The van der Waals surface area contributed by atoms with Gasteiger partial charge in [0.15, 0.2) is 0 Å². The Kier molecular flexibility index (Phi) is 5.86. The first-order valence-corrected chi connectivity index (χ1v) is 10.6. The Morgan fingerprint density at radius 1 is 1.33 bits per heavy atom. The number of nitrogens with zero attached hydrogens (tertiary/aromatic N) is 2. The lowest BCUT2D eigenvalue weighted by atomic mass is 10.1. The normalized spacial score (nSPS) is 19.6. The second-order valence-corrected chi connectivity index (χ2v) is 8.33. The number of aromatic nitrogens is 1. The van der Waals surface area contributed by atoms with E-state index in [0.717, 1.165) is 38.4 Å². The smallest absolute Gasteiger partial charge is 0.0963 e. The summed E-state index contributed by atoms with van der Waals surface area (Å²) in [6.45, 7) is 6.07. The zero-order valence-corrected chi connectivity index (χ0v) is 16.9. The number of piperazine rings is 1. The van der Waals surface area contributed by atoms with Crippen LogP contribution in [0.1, 0.15) is 31.7 Å². The third kappa shape index (κ3) is 3.93. The molecule has 0 spiro atoms. The van der Waals surface area contributed by atoms with E-state index in [9.17, 15) is 0 Å². The maximum absolute atomic E-state index is 5.19. The number of anilines is 2. The summed E-state index contributed by atoms with van der Waals surface area (Å²) in [7, 11) is 1.78. The molecule has 1 saturated heterocycles. The number of hydrogen-bond donors (Lipinski definition) is 2. The summed E-state index contributed by atoms with van der Waals surface area (Å²) in [6, 6.07) is 6.78. The Balaban J connectivity index is 1.63. The van der Waals surface area contributed by atoms with Gasteiger partial charge in [-0.25, -0.2) is 0 Å². The summed E-state index contributed by atoms with van der Waals surface area (Å²) in [5.41, 5.74) is 6.08. The summed E-state index contributed by atoms with van der Waals surface area (Å²) in [5.74, 6) is 0. The maximum atomic E-state index is 5.19. The zero-order valence-electron chi connectivity index (χ0n) is 16.1. The van der Waals surface area contributed by atoms with Gasteiger partial charge in [0.05, 0.1) is 17.1 Å². The average Bonchev–Trinajstić information content (AvgIpc) is 2.81. The van der Waals surface area contributed by atoms with Crippen LogP contribution in [-0.2, 0) is 4.74 Å². The van der Waals surface area contributed by atoms with E-state index in [2.05, 4.69) is 40.1 Å². The third-order valence-electron chi connectivity index (χ3n) is 5.32. The van der Waals surface area contributed by atoms with Crippen molar-refractivity contribution in [2.75, 3.05) is 43.0 Å². The van der Waals surface area contributed by atoms with Gasteiger partial charge in [-0.15, -0.1) is 0 Å². The molecule has 144 valence electrons. The van der Waals surface area contributed by atoms with Crippen LogP contribution in [0.2, 0.25) is 0 Å². The third-order valence-corrected chi connectivity index (χ3v) is 6.07. The number of allylic oxidation sites excluding steroid dienone is 1. The van der Waals surface area contributed by atoms with Crippen molar-refractivity contribution in [1.29, 1.82) is 0 Å². The minimum absolute atomic E-state index is 0.518. The molecule has 1 aliphatic carbocycles. The van der Waals surface area contributed by atoms with Crippen molar-refractivity contribution in [3.05, 3.63) is 34.9 Å². The fourth-order valence-electron chi connectivity index (χ4n) is 4.04. The van der Waals surface area contributed by atoms with Gasteiger partial charge in [-0.2, -0.15) is 0 Å². The van der Waals surface area contributed by atoms with E-state index in [1.807, 2.05) is 12.3 Å². The van der Waals surface area contributed by atoms with Gasteiger partial charge in [0.1, 0.15) is 0 Å². The van der Waals surface area contributed by atoms with Crippen LogP contribution in [0.25, 0.3) is 17.3 Å². The maximum Gasteiger partial charge on any atom is 0.0963 e. The largest absolute Gasteiger partial charge is 0.385 e. The first kappa shape index (κ1) is 18.6. The number of fused-ring (bicyclic) bond motifs is 3. The van der Waals surface area contributed by atoms with E-state index in [1.54, 1.807) is 19.1 Å². The molecule has 0 aromatic rings. The van der Waals surface area contributed by atoms with Gasteiger partial charge in [0.2, 0.25) is 0 Å². The van der Waals surface area contributed by atoms with Crippen molar-refractivity contribution >= 4 is 29.4 Å². The number of unbranched alkanes of at least 4 members (excludes halogenated alkanes) is 1. The molecule has 0 bridgehead atoms. The van der Waals surface area contributed by atoms with Crippen LogP contribution in [0.3, 0.4) is 0 Å². The van der Waals surface area contributed by atoms with Gasteiger partial charge in [-0.05, 0) is 50.3 Å². The lowest BCUT2D eigenvalue weighted by Gasteiger charge is -2.36. The van der Waals surface area contributed by atoms with Crippen LogP contribution in [0.15, 0.2) is 29.3 Å². The molecule has 0 aromatic heterocycles. The van der Waals surface area contributed by atoms with Crippen LogP contribution in [0.5, 0.6) is 0 Å². The van der Waals surface area contributed by atoms with Crippen molar-refractivity contribution in [2.45, 2.75) is 32.2 Å². The second kappa shape index (κ2) is 8.50. The molecular formula is C21H28N4OS. The number of nitrogens with one attached hydrogen (secondary N) is 2. The van der Waals surface area contributed by atoms with Crippen LogP contribution in [0, 0.1) is 0 Å². The SMILES string of the molecule is COCCCC[C@H]1CN(c2c3nccccc-3c3c2C=C(C)SN3)CCN1. The van der Waals surface area contributed by atoms with Crippen LogP contribution < -0.4 is 14.9 Å². The minimum atomic E-state index is 0.518. The van der Waals surface area contributed by atoms with E-state index in [-0.39, 0.29) is 0 Å². The summed E-state index contributed by atoms with van der Waals surface area (Å²) in [6.07, 6.45) is 7.73. The number of methoxy groups -OCH3 is 1. The fraction of sp³-hybridized carbons (Fsp3) is 0.476. The molecule has 2 N–H and O–H groups in total. The fourth-order valence-corrected chi connectivity index (χ4v) is 4.70. The molecule has 6 heteroatoms. The first-order chi connectivity index (χ1) is 13.3. The van der Waals surface area contributed by atoms with Crippen molar-refractivity contribution < 1.29 is 4.74 Å². The molecule has 0 amide bonds. The molecule has 5 nitrogen and oxygen atoms in total. The summed E-state index contributed by atoms with van der Waals surface area (Å²) in [4.78, 5) is 8.62. The zero-order chi connectivity index (χ0) is 18.6. The van der Waals surface area contributed by atoms with Crippen molar-refractivity contribution in [2.24, 2.45) is 0 Å². The van der Waals surface area contributed by atoms with E-state index < -0.39 is 0 Å². The van der Waals surface area contributed by atoms with Gasteiger partial charge in [-0.3, -0.25) is 4.98 Å². The summed E-state index contributed by atoms with van der Waals surface area (Å²) in [5, 5.41) is 3.69. The Hall–Kier alpha value is -1.76. The predicted molar refractivity (Wildman–Crippen MR) is 115 cm³/mol. The van der Waals surface area contributed by atoms with Gasteiger partial charge in [0.25, 0.3) is 0 Å². The van der Waals surface area contributed by atoms with Gasteiger partial charge in [0, 0.05) is 61.6 Å². The highest BCUT2D eigenvalue weighted by molar-refractivity contribution is 8.04. The molecule has 4 rings (SSSR count). The monoisotopic (exact) mass is 384 g/mol. The molecule has 0 saturated carbocycles. The van der Waals surface area contributed by atoms with E-state index in [0.29, 0.717) is 6.04 Å². The molecular weight excluding hydrogens is 356 g/mol. The van der Waals surface area contributed by atoms with Crippen molar-refractivity contribution in [3.8, 4) is 11.3 Å². The molecule has 4 aliphatic rings. The van der Waals surface area contributed by atoms with E-state index in [4.69, 9.17) is 9.72 Å². The van der Waals surface area contributed by atoms with Gasteiger partial charge >= 0.3 is 0 Å². The predicted octanol–water partition coefficient (Wildman–Crippen LogP) is 4.22. The van der Waals surface area contributed by atoms with Crippen LogP contribution in [-0.4, -0.2) is 44.4 Å². The standard InChI is InChI=1S/C21H28N4OS/c1-15-13-18-19(24-27-15)17-8-3-5-9-23-20(17)21(18)25-11-10-22-16(14-25)7-4-6-12-26-2/h3,5,8-9,13,16,22,24H,4,6-7,10-12,14H2,1-2H3/t16-/m0/s1. The lowest BCUT2D eigenvalue weighted by Crippen LogP contribution is -2.51. The van der Waals surface area contributed by atoms with Crippen molar-refractivity contribution in [3.63, 3.8) is 0 Å². The van der Waals surface area contributed by atoms with Crippen LogP contribution >= 0.6 is 11.9 Å². The Labute approximate surface area is 166 Å². The molecule has 3 aliphatic heterocycles. The Morgan fingerprint density at radius 3 is 3.15 bits per heavy atom.